The highest BCUT2D eigenvalue weighted by Crippen LogP contribution is 2.36. The predicted octanol–water partition coefficient (Wildman–Crippen LogP) is 2.56. The number of carbonyl (C=O) groups is 1. The summed E-state index contributed by atoms with van der Waals surface area (Å²) in [5.74, 6) is -0.171. The SMILES string of the molecule is [2H]C([2H])([2H])NC(=O)c1cnccc1Nc1ccc2cnn(CC)c2c1OC. The summed E-state index contributed by atoms with van der Waals surface area (Å²) in [5, 5.41) is 10.4. The van der Waals surface area contributed by atoms with Gasteiger partial charge in [0.25, 0.3) is 5.91 Å². The number of nitrogens with one attached hydrogen (secondary N) is 2. The molecule has 0 aliphatic heterocycles. The standard InChI is InChI=1S/C17H19N5O2/c1-4-22-15-11(9-20-22)5-6-14(16(15)24-3)21-13-7-8-19-10-12(13)17(23)18-2/h5-10H,4H2,1-3H3,(H,18,23)(H,19,21)/i2D3. The Balaban J connectivity index is 2.02. The zero-order valence-electron chi connectivity index (χ0n) is 16.3. The molecular formula is C17H19N5O2. The van der Waals surface area contributed by atoms with Gasteiger partial charge in [0, 0.05) is 35.4 Å². The molecule has 2 aromatic heterocycles. The van der Waals surface area contributed by atoms with Crippen LogP contribution in [0.4, 0.5) is 11.4 Å². The van der Waals surface area contributed by atoms with Gasteiger partial charge in [0.15, 0.2) is 5.75 Å². The molecule has 0 radical (unpaired) electrons. The van der Waals surface area contributed by atoms with Crippen LogP contribution in [0.2, 0.25) is 0 Å². The van der Waals surface area contributed by atoms with Crippen molar-refractivity contribution in [3.05, 3.63) is 42.4 Å². The maximum Gasteiger partial charge on any atom is 0.254 e. The molecule has 0 spiro atoms. The fourth-order valence-corrected chi connectivity index (χ4v) is 2.59. The van der Waals surface area contributed by atoms with E-state index in [1.54, 1.807) is 19.4 Å². The third-order valence-corrected chi connectivity index (χ3v) is 3.71. The van der Waals surface area contributed by atoms with E-state index in [0.717, 1.165) is 10.9 Å². The van der Waals surface area contributed by atoms with Crippen LogP contribution in [-0.2, 0) is 6.54 Å². The van der Waals surface area contributed by atoms with Crippen molar-refractivity contribution in [2.24, 2.45) is 0 Å². The first-order chi connectivity index (χ1) is 12.8. The Morgan fingerprint density at radius 2 is 2.21 bits per heavy atom. The molecule has 0 aliphatic carbocycles. The maximum atomic E-state index is 12.3. The Hall–Kier alpha value is -3.09. The van der Waals surface area contributed by atoms with Crippen LogP contribution in [0.5, 0.6) is 5.75 Å². The molecule has 0 bridgehead atoms. The van der Waals surface area contributed by atoms with E-state index in [9.17, 15) is 4.79 Å². The van der Waals surface area contributed by atoms with Crippen molar-refractivity contribution in [1.29, 1.82) is 0 Å². The van der Waals surface area contributed by atoms with Crippen LogP contribution in [0.25, 0.3) is 10.9 Å². The summed E-state index contributed by atoms with van der Waals surface area (Å²) in [6.45, 7) is 0.0608. The van der Waals surface area contributed by atoms with Crippen LogP contribution in [0.15, 0.2) is 36.8 Å². The first-order valence-corrected chi connectivity index (χ1v) is 7.40. The van der Waals surface area contributed by atoms with Gasteiger partial charge in [-0.2, -0.15) is 5.10 Å². The molecule has 7 nitrogen and oxygen atoms in total. The summed E-state index contributed by atoms with van der Waals surface area (Å²) in [6.07, 6.45) is 4.58. The van der Waals surface area contributed by atoms with Crippen molar-refractivity contribution < 1.29 is 13.6 Å². The van der Waals surface area contributed by atoms with Crippen molar-refractivity contribution in [2.45, 2.75) is 13.5 Å². The number of ether oxygens (including phenoxy) is 1. The van der Waals surface area contributed by atoms with E-state index in [-0.39, 0.29) is 5.56 Å². The van der Waals surface area contributed by atoms with Gasteiger partial charge in [-0.15, -0.1) is 0 Å². The second-order valence-corrected chi connectivity index (χ2v) is 5.04. The fourth-order valence-electron chi connectivity index (χ4n) is 2.59. The van der Waals surface area contributed by atoms with Crippen molar-refractivity contribution in [3.8, 4) is 5.75 Å². The van der Waals surface area contributed by atoms with Crippen LogP contribution in [0, 0.1) is 0 Å². The molecule has 2 N–H and O–H groups in total. The fraction of sp³-hybridized carbons (Fsp3) is 0.235. The number of hydrogen-bond acceptors (Lipinski definition) is 5. The minimum Gasteiger partial charge on any atom is -0.492 e. The summed E-state index contributed by atoms with van der Waals surface area (Å²) in [7, 11) is 1.56. The quantitative estimate of drug-likeness (QED) is 0.752. The summed E-state index contributed by atoms with van der Waals surface area (Å²) >= 11 is 0. The van der Waals surface area contributed by atoms with Gasteiger partial charge >= 0.3 is 0 Å². The zero-order chi connectivity index (χ0) is 19.6. The first-order valence-electron chi connectivity index (χ1n) is 8.90. The maximum absolute atomic E-state index is 12.3. The molecule has 0 saturated heterocycles. The number of aryl methyl sites for hydroxylation is 1. The molecule has 0 atom stereocenters. The topological polar surface area (TPSA) is 81.1 Å². The second-order valence-electron chi connectivity index (χ2n) is 5.04. The number of rotatable bonds is 5. The monoisotopic (exact) mass is 328 g/mol. The lowest BCUT2D eigenvalue weighted by Crippen LogP contribution is -2.19. The van der Waals surface area contributed by atoms with Gasteiger partial charge in [0.1, 0.15) is 5.52 Å². The molecule has 7 heteroatoms. The normalized spacial score (nSPS) is 13.0. The molecular weight excluding hydrogens is 306 g/mol. The number of methoxy groups -OCH3 is 1. The van der Waals surface area contributed by atoms with Crippen LogP contribution in [-0.4, -0.2) is 34.8 Å². The molecule has 0 saturated carbocycles. The molecule has 24 heavy (non-hydrogen) atoms. The van der Waals surface area contributed by atoms with Gasteiger partial charge in [-0.3, -0.25) is 14.5 Å². The van der Waals surface area contributed by atoms with Crippen molar-refractivity contribution >= 4 is 28.2 Å². The molecule has 0 aliphatic rings. The van der Waals surface area contributed by atoms with Gasteiger partial charge in [0.05, 0.1) is 30.2 Å². The van der Waals surface area contributed by atoms with Gasteiger partial charge < -0.3 is 15.4 Å². The van der Waals surface area contributed by atoms with Crippen LogP contribution in [0.3, 0.4) is 0 Å². The Labute approximate surface area is 143 Å². The molecule has 0 fully saturated rings. The van der Waals surface area contributed by atoms with Gasteiger partial charge in [-0.1, -0.05) is 0 Å². The molecule has 3 aromatic rings. The number of fused-ring (bicyclic) bond motifs is 1. The van der Waals surface area contributed by atoms with E-state index >= 15 is 0 Å². The van der Waals surface area contributed by atoms with Crippen molar-refractivity contribution in [2.75, 3.05) is 19.4 Å². The Kier molecular flexibility index (Phi) is 3.38. The number of aromatic nitrogens is 3. The Morgan fingerprint density at radius 1 is 1.33 bits per heavy atom. The molecule has 2 heterocycles. The van der Waals surface area contributed by atoms with E-state index < -0.39 is 12.9 Å². The number of benzene rings is 1. The molecule has 3 rings (SSSR count). The summed E-state index contributed by atoms with van der Waals surface area (Å²) in [6, 6.07) is 5.30. The number of amides is 1. The third kappa shape index (κ3) is 2.64. The zero-order valence-corrected chi connectivity index (χ0v) is 13.3. The molecule has 0 unspecified atom stereocenters. The summed E-state index contributed by atoms with van der Waals surface area (Å²) < 4.78 is 29.0. The highest BCUT2D eigenvalue weighted by atomic mass is 16.5. The number of nitrogens with zero attached hydrogens (tertiary/aromatic N) is 3. The minimum atomic E-state index is -2.59. The highest BCUT2D eigenvalue weighted by molar-refractivity contribution is 6.00. The van der Waals surface area contributed by atoms with Gasteiger partial charge in [-0.25, -0.2) is 0 Å². The predicted molar refractivity (Wildman–Crippen MR) is 92.9 cm³/mol. The van der Waals surface area contributed by atoms with Gasteiger partial charge in [-0.05, 0) is 25.1 Å². The molecule has 1 aromatic carbocycles. The van der Waals surface area contributed by atoms with E-state index in [4.69, 9.17) is 8.85 Å². The lowest BCUT2D eigenvalue weighted by molar-refractivity contribution is 0.0963. The van der Waals surface area contributed by atoms with E-state index in [2.05, 4.69) is 15.4 Å². The number of hydrogen-bond donors (Lipinski definition) is 2. The van der Waals surface area contributed by atoms with Crippen LogP contribution in [0.1, 0.15) is 21.4 Å². The second kappa shape index (κ2) is 6.57. The highest BCUT2D eigenvalue weighted by Gasteiger charge is 2.16. The lowest BCUT2D eigenvalue weighted by atomic mass is 10.1. The van der Waals surface area contributed by atoms with Crippen molar-refractivity contribution in [3.63, 3.8) is 0 Å². The van der Waals surface area contributed by atoms with Crippen LogP contribution >= 0.6 is 0 Å². The molecule has 124 valence electrons. The van der Waals surface area contributed by atoms with E-state index in [1.165, 1.54) is 12.4 Å². The summed E-state index contributed by atoms with van der Waals surface area (Å²) in [5.41, 5.74) is 1.97. The molecule has 1 amide bonds. The number of pyridine rings is 1. The third-order valence-electron chi connectivity index (χ3n) is 3.71. The number of anilines is 2. The average molecular weight is 328 g/mol. The first kappa shape index (κ1) is 12.3. The average Bonchev–Trinajstić information content (AvgIpc) is 3.04. The Bertz CT molecular complexity index is 984. The van der Waals surface area contributed by atoms with Crippen LogP contribution < -0.4 is 15.4 Å². The minimum absolute atomic E-state index is 0.111. The Morgan fingerprint density at radius 3 is 2.96 bits per heavy atom. The largest absolute Gasteiger partial charge is 0.492 e. The van der Waals surface area contributed by atoms with Gasteiger partial charge in [0.2, 0.25) is 0 Å². The lowest BCUT2D eigenvalue weighted by Gasteiger charge is -2.15. The summed E-state index contributed by atoms with van der Waals surface area (Å²) in [4.78, 5) is 16.2. The van der Waals surface area contributed by atoms with E-state index in [1.807, 2.05) is 29.1 Å². The smallest absolute Gasteiger partial charge is 0.254 e. The van der Waals surface area contributed by atoms with Crippen molar-refractivity contribution in [1.82, 2.24) is 20.1 Å². The van der Waals surface area contributed by atoms with E-state index in [0.29, 0.717) is 23.7 Å². The number of carbonyl (C=O) groups excluding carboxylic acids is 1.